The molecule has 1 aromatic carbocycles. The van der Waals surface area contributed by atoms with Gasteiger partial charge in [-0.25, -0.2) is 0 Å². The number of benzene rings is 1. The normalized spacial score (nSPS) is 15.9. The van der Waals surface area contributed by atoms with Crippen LogP contribution >= 0.6 is 35.0 Å². The molecular weight excluding hydrogens is 451 g/mol. The van der Waals surface area contributed by atoms with Crippen molar-refractivity contribution in [2.75, 3.05) is 25.4 Å². The van der Waals surface area contributed by atoms with E-state index in [1.807, 2.05) is 0 Å². The Kier molecular flexibility index (Phi) is 9.48. The van der Waals surface area contributed by atoms with Crippen molar-refractivity contribution in [3.63, 3.8) is 0 Å². The highest BCUT2D eigenvalue weighted by Crippen LogP contribution is 2.36. The number of carboxylic acid groups (broad SMARTS) is 1. The summed E-state index contributed by atoms with van der Waals surface area (Å²) >= 11 is 13.9. The minimum atomic E-state index is -1.08. The fourth-order valence-electron chi connectivity index (χ4n) is 2.96. The van der Waals surface area contributed by atoms with Crippen molar-refractivity contribution < 1.29 is 24.6 Å². The van der Waals surface area contributed by atoms with Crippen LogP contribution in [0.5, 0.6) is 0 Å². The zero-order valence-corrected chi connectivity index (χ0v) is 18.8. The summed E-state index contributed by atoms with van der Waals surface area (Å²) < 4.78 is 0. The van der Waals surface area contributed by atoms with E-state index in [0.717, 1.165) is 4.90 Å². The van der Waals surface area contributed by atoms with E-state index in [1.54, 1.807) is 23.1 Å². The van der Waals surface area contributed by atoms with Crippen LogP contribution in [0, 0.1) is 5.92 Å². The molecule has 0 radical (unpaired) electrons. The number of nitrogens with one attached hydrogen (secondary N) is 1. The first kappa shape index (κ1) is 24.5. The number of likely N-dealkylation sites (tertiary alicyclic amines) is 1. The number of halogens is 2. The molecule has 1 atom stereocenters. The Bertz CT molecular complexity index is 826. The van der Waals surface area contributed by atoms with Gasteiger partial charge in [-0.15, -0.1) is 11.8 Å². The van der Waals surface area contributed by atoms with Gasteiger partial charge >= 0.3 is 5.97 Å². The molecule has 1 saturated heterocycles. The van der Waals surface area contributed by atoms with Gasteiger partial charge in [-0.05, 0) is 37.5 Å². The van der Waals surface area contributed by atoms with Crippen LogP contribution in [0.15, 0.2) is 23.1 Å². The fourth-order valence-corrected chi connectivity index (χ4v) is 4.29. The maximum Gasteiger partial charge on any atom is 0.325 e. The van der Waals surface area contributed by atoms with E-state index in [9.17, 15) is 14.4 Å². The SMILES string of the molecule is CC(NC(=O)C1CCN(C(=O)C=Cc2ccc(SCCO)c(Cl)c2Cl)CC1)C(=O)O. The van der Waals surface area contributed by atoms with Gasteiger partial charge in [-0.3, -0.25) is 14.4 Å². The number of rotatable bonds is 8. The first-order chi connectivity index (χ1) is 14.2. The summed E-state index contributed by atoms with van der Waals surface area (Å²) in [4.78, 5) is 37.9. The molecular formula is C20H24Cl2N2O5S. The van der Waals surface area contributed by atoms with Gasteiger partial charge in [0.15, 0.2) is 0 Å². The topological polar surface area (TPSA) is 107 Å². The van der Waals surface area contributed by atoms with E-state index in [-0.39, 0.29) is 24.3 Å². The van der Waals surface area contributed by atoms with Gasteiger partial charge < -0.3 is 20.4 Å². The molecule has 1 fully saturated rings. The van der Waals surface area contributed by atoms with Crippen LogP contribution in [-0.4, -0.2) is 64.4 Å². The lowest BCUT2D eigenvalue weighted by Crippen LogP contribution is -2.46. The molecule has 1 aromatic rings. The van der Waals surface area contributed by atoms with E-state index in [1.165, 1.54) is 24.8 Å². The van der Waals surface area contributed by atoms with Gasteiger partial charge in [0.25, 0.3) is 0 Å². The number of aliphatic hydroxyl groups excluding tert-OH is 1. The molecule has 0 spiro atoms. The second-order valence-corrected chi connectivity index (χ2v) is 8.75. The Morgan fingerprint density at radius 2 is 1.93 bits per heavy atom. The predicted octanol–water partition coefficient (Wildman–Crippen LogP) is 2.92. The average molecular weight is 475 g/mol. The summed E-state index contributed by atoms with van der Waals surface area (Å²) in [7, 11) is 0. The fraction of sp³-hybridized carbons (Fsp3) is 0.450. The summed E-state index contributed by atoms with van der Waals surface area (Å²) in [6.07, 6.45) is 3.97. The lowest BCUT2D eigenvalue weighted by molar-refractivity contribution is -0.142. The van der Waals surface area contributed by atoms with Gasteiger partial charge in [0.05, 0.1) is 16.7 Å². The molecule has 1 unspecified atom stereocenters. The lowest BCUT2D eigenvalue weighted by atomic mass is 9.95. The van der Waals surface area contributed by atoms with Crippen molar-refractivity contribution in [1.29, 1.82) is 0 Å². The molecule has 2 amide bonds. The minimum Gasteiger partial charge on any atom is -0.480 e. The Labute approximate surface area is 189 Å². The molecule has 30 heavy (non-hydrogen) atoms. The van der Waals surface area contributed by atoms with Crippen LogP contribution in [0.4, 0.5) is 0 Å². The molecule has 2 rings (SSSR count). The van der Waals surface area contributed by atoms with Crippen molar-refractivity contribution in [3.8, 4) is 0 Å². The molecule has 1 aliphatic heterocycles. The smallest absolute Gasteiger partial charge is 0.325 e. The monoisotopic (exact) mass is 474 g/mol. The van der Waals surface area contributed by atoms with Crippen LogP contribution in [-0.2, 0) is 14.4 Å². The Hall–Kier alpha value is -1.74. The van der Waals surface area contributed by atoms with Crippen LogP contribution in [0.25, 0.3) is 6.08 Å². The summed E-state index contributed by atoms with van der Waals surface area (Å²) in [5, 5.41) is 21.0. The third-order valence-electron chi connectivity index (χ3n) is 4.74. The van der Waals surface area contributed by atoms with Crippen molar-refractivity contribution in [2.24, 2.45) is 5.92 Å². The van der Waals surface area contributed by atoms with Gasteiger partial charge in [0.2, 0.25) is 11.8 Å². The summed E-state index contributed by atoms with van der Waals surface area (Å²) in [5.41, 5.74) is 0.611. The van der Waals surface area contributed by atoms with E-state index in [2.05, 4.69) is 5.32 Å². The standard InChI is InChI=1S/C20H24Cl2N2O5S/c1-12(20(28)29)23-19(27)14-6-8-24(9-7-14)16(26)5-3-13-2-4-15(30-11-10-25)18(22)17(13)21/h2-5,12,14,25H,6-11H2,1H3,(H,23,27)(H,28,29). The molecule has 1 heterocycles. The highest BCUT2D eigenvalue weighted by atomic mass is 35.5. The second-order valence-electron chi connectivity index (χ2n) is 6.85. The Morgan fingerprint density at radius 3 is 2.53 bits per heavy atom. The molecule has 10 heteroatoms. The van der Waals surface area contributed by atoms with E-state index < -0.39 is 12.0 Å². The number of thioether (sulfide) groups is 1. The number of hydrogen-bond donors (Lipinski definition) is 3. The van der Waals surface area contributed by atoms with Crippen molar-refractivity contribution >= 4 is 58.8 Å². The Morgan fingerprint density at radius 1 is 1.27 bits per heavy atom. The second kappa shape index (κ2) is 11.6. The van der Waals surface area contributed by atoms with Crippen LogP contribution in [0.1, 0.15) is 25.3 Å². The first-order valence-corrected chi connectivity index (χ1v) is 11.2. The zero-order chi connectivity index (χ0) is 22.3. The number of aliphatic hydroxyl groups is 1. The summed E-state index contributed by atoms with van der Waals surface area (Å²) in [6.45, 7) is 2.27. The number of aliphatic carboxylic acids is 1. The number of carbonyl (C=O) groups excluding carboxylic acids is 2. The van der Waals surface area contributed by atoms with Crippen molar-refractivity contribution in [1.82, 2.24) is 10.2 Å². The molecule has 0 aliphatic carbocycles. The molecule has 3 N–H and O–H groups in total. The highest BCUT2D eigenvalue weighted by molar-refractivity contribution is 7.99. The molecule has 0 saturated carbocycles. The first-order valence-electron chi connectivity index (χ1n) is 9.46. The van der Waals surface area contributed by atoms with Crippen molar-refractivity contribution in [3.05, 3.63) is 33.8 Å². The Balaban J connectivity index is 1.92. The number of piperidine rings is 1. The van der Waals surface area contributed by atoms with E-state index in [4.69, 9.17) is 33.4 Å². The molecule has 1 aliphatic rings. The van der Waals surface area contributed by atoms with E-state index in [0.29, 0.717) is 47.3 Å². The van der Waals surface area contributed by atoms with Gasteiger partial charge in [0, 0.05) is 35.7 Å². The maximum atomic E-state index is 12.5. The number of carboxylic acids is 1. The van der Waals surface area contributed by atoms with Gasteiger partial charge in [0.1, 0.15) is 6.04 Å². The summed E-state index contributed by atoms with van der Waals surface area (Å²) in [6, 6.07) is 2.61. The summed E-state index contributed by atoms with van der Waals surface area (Å²) in [5.74, 6) is -1.38. The molecule has 0 bridgehead atoms. The van der Waals surface area contributed by atoms with Crippen molar-refractivity contribution in [2.45, 2.75) is 30.7 Å². The number of amides is 2. The third-order valence-corrected chi connectivity index (χ3v) is 6.78. The zero-order valence-electron chi connectivity index (χ0n) is 16.4. The molecule has 7 nitrogen and oxygen atoms in total. The lowest BCUT2D eigenvalue weighted by Gasteiger charge is -2.31. The van der Waals surface area contributed by atoms with Crippen LogP contribution < -0.4 is 5.32 Å². The number of carbonyl (C=O) groups is 3. The van der Waals surface area contributed by atoms with Crippen LogP contribution in [0.2, 0.25) is 10.0 Å². The molecule has 164 valence electrons. The van der Waals surface area contributed by atoms with E-state index >= 15 is 0 Å². The van der Waals surface area contributed by atoms with Gasteiger partial charge in [-0.1, -0.05) is 29.3 Å². The molecule has 0 aromatic heterocycles. The van der Waals surface area contributed by atoms with Gasteiger partial charge in [-0.2, -0.15) is 0 Å². The quantitative estimate of drug-likeness (QED) is 0.394. The predicted molar refractivity (Wildman–Crippen MR) is 118 cm³/mol. The third kappa shape index (κ3) is 6.63. The largest absolute Gasteiger partial charge is 0.480 e. The number of nitrogens with zero attached hydrogens (tertiary/aromatic N) is 1. The van der Waals surface area contributed by atoms with Crippen LogP contribution in [0.3, 0.4) is 0 Å². The number of hydrogen-bond acceptors (Lipinski definition) is 5. The average Bonchev–Trinajstić information content (AvgIpc) is 2.73. The maximum absolute atomic E-state index is 12.5. The highest BCUT2D eigenvalue weighted by Gasteiger charge is 2.28. The minimum absolute atomic E-state index is 0.0334.